The van der Waals surface area contributed by atoms with Gasteiger partial charge in [-0.1, -0.05) is 79.4 Å². The van der Waals surface area contributed by atoms with Crippen molar-refractivity contribution < 1.29 is 9.53 Å². The second kappa shape index (κ2) is 7.49. The Morgan fingerprint density at radius 2 is 1.32 bits per heavy atom. The van der Waals surface area contributed by atoms with Crippen LogP contribution in [0.4, 0.5) is 10.5 Å². The van der Waals surface area contributed by atoms with Gasteiger partial charge in [0.15, 0.2) is 0 Å². The number of ether oxygens (including phenoxy) is 1. The van der Waals surface area contributed by atoms with Crippen molar-refractivity contribution in [2.24, 2.45) is 0 Å². The lowest BCUT2D eigenvalue weighted by atomic mass is 10.0. The molecule has 0 N–H and O–H groups in total. The quantitative estimate of drug-likeness (QED) is 0.583. The number of nitrogens with zero attached hydrogens (tertiary/aromatic N) is 1. The fourth-order valence-corrected chi connectivity index (χ4v) is 2.47. The van der Waals surface area contributed by atoms with Crippen molar-refractivity contribution >= 4 is 17.5 Å². The molecule has 25 heavy (non-hydrogen) atoms. The second-order valence-corrected chi connectivity index (χ2v) is 5.63. The molecule has 3 heteroatoms. The Balaban J connectivity index is 1.68. The van der Waals surface area contributed by atoms with E-state index in [4.69, 9.17) is 4.74 Å². The molecule has 0 bridgehead atoms. The van der Waals surface area contributed by atoms with Gasteiger partial charge >= 0.3 is 6.09 Å². The van der Waals surface area contributed by atoms with E-state index >= 15 is 0 Å². The number of benzene rings is 3. The zero-order valence-electron chi connectivity index (χ0n) is 14.1. The highest BCUT2D eigenvalue weighted by atomic mass is 16.6. The summed E-state index contributed by atoms with van der Waals surface area (Å²) < 4.78 is 5.39. The molecule has 0 aliphatic heterocycles. The van der Waals surface area contributed by atoms with Crippen molar-refractivity contribution in [2.45, 2.75) is 0 Å². The van der Waals surface area contributed by atoms with Crippen LogP contribution in [-0.4, -0.2) is 13.1 Å². The Kier molecular flexibility index (Phi) is 4.95. The number of hydrogen-bond donors (Lipinski definition) is 0. The third-order valence-electron chi connectivity index (χ3n) is 3.94. The molecule has 1 amide bonds. The summed E-state index contributed by atoms with van der Waals surface area (Å²) in [6.45, 7) is 3.87. The average molecular weight is 329 g/mol. The van der Waals surface area contributed by atoms with Crippen molar-refractivity contribution in [2.75, 3.05) is 11.9 Å². The summed E-state index contributed by atoms with van der Waals surface area (Å²) in [6.07, 6.45) is -0.469. The van der Waals surface area contributed by atoms with Crippen LogP contribution in [0.2, 0.25) is 0 Å². The monoisotopic (exact) mass is 329 g/mol. The standard InChI is InChI=1S/C22H19NO2/c1-17(25-22(24)23(2)21-11-7-4-8-12-21)18-13-15-20(16-14-18)19-9-5-3-6-10-19/h3-16H,1H2,2H3. The first-order chi connectivity index (χ1) is 12.1. The molecule has 3 nitrogen and oxygen atoms in total. The van der Waals surface area contributed by atoms with Gasteiger partial charge in [0.2, 0.25) is 0 Å². The molecular formula is C22H19NO2. The van der Waals surface area contributed by atoms with E-state index in [9.17, 15) is 4.79 Å². The molecular weight excluding hydrogens is 310 g/mol. The zero-order chi connectivity index (χ0) is 17.6. The topological polar surface area (TPSA) is 29.5 Å². The molecule has 3 aromatic rings. The molecule has 0 saturated heterocycles. The van der Waals surface area contributed by atoms with Gasteiger partial charge in [-0.05, 0) is 23.3 Å². The summed E-state index contributed by atoms with van der Waals surface area (Å²) in [5.74, 6) is 0.326. The summed E-state index contributed by atoms with van der Waals surface area (Å²) in [5.41, 5.74) is 3.78. The molecule has 0 fully saturated rings. The molecule has 0 heterocycles. The SMILES string of the molecule is C=C(OC(=O)N(C)c1ccccc1)c1ccc(-c2ccccc2)cc1. The van der Waals surface area contributed by atoms with Crippen molar-refractivity contribution in [3.8, 4) is 11.1 Å². The third kappa shape index (κ3) is 3.96. The molecule has 0 unspecified atom stereocenters. The lowest BCUT2D eigenvalue weighted by Crippen LogP contribution is -2.26. The number of para-hydroxylation sites is 1. The highest BCUT2D eigenvalue weighted by Crippen LogP contribution is 2.23. The molecule has 0 aliphatic rings. The van der Waals surface area contributed by atoms with Gasteiger partial charge in [-0.2, -0.15) is 0 Å². The molecule has 0 saturated carbocycles. The predicted molar refractivity (Wildman–Crippen MR) is 102 cm³/mol. The van der Waals surface area contributed by atoms with E-state index in [1.165, 1.54) is 4.90 Å². The number of rotatable bonds is 4. The highest BCUT2D eigenvalue weighted by molar-refractivity contribution is 5.90. The van der Waals surface area contributed by atoms with E-state index in [1.807, 2.05) is 72.8 Å². The fourth-order valence-electron chi connectivity index (χ4n) is 2.47. The molecule has 0 aromatic heterocycles. The summed E-state index contributed by atoms with van der Waals surface area (Å²) in [7, 11) is 1.67. The first-order valence-electron chi connectivity index (χ1n) is 8.00. The van der Waals surface area contributed by atoms with Gasteiger partial charge < -0.3 is 4.74 Å². The maximum atomic E-state index is 12.3. The second-order valence-electron chi connectivity index (χ2n) is 5.63. The minimum Gasteiger partial charge on any atom is -0.410 e. The molecule has 0 atom stereocenters. The van der Waals surface area contributed by atoms with Crippen LogP contribution in [0.25, 0.3) is 16.9 Å². The third-order valence-corrected chi connectivity index (χ3v) is 3.94. The number of carbonyl (C=O) groups is 1. The molecule has 124 valence electrons. The Morgan fingerprint density at radius 3 is 1.92 bits per heavy atom. The molecule has 3 aromatic carbocycles. The van der Waals surface area contributed by atoms with E-state index in [-0.39, 0.29) is 0 Å². The van der Waals surface area contributed by atoms with Crippen LogP contribution in [0, 0.1) is 0 Å². The lowest BCUT2D eigenvalue weighted by Gasteiger charge is -2.17. The van der Waals surface area contributed by atoms with Gasteiger partial charge in [-0.3, -0.25) is 4.90 Å². The van der Waals surface area contributed by atoms with Crippen LogP contribution in [0.1, 0.15) is 5.56 Å². The van der Waals surface area contributed by atoms with Crippen LogP contribution in [-0.2, 0) is 4.74 Å². The molecule has 0 aliphatic carbocycles. The van der Waals surface area contributed by atoms with Crippen molar-refractivity contribution in [3.05, 3.63) is 97.1 Å². The van der Waals surface area contributed by atoms with Crippen LogP contribution in [0.3, 0.4) is 0 Å². The molecule has 3 rings (SSSR count). The van der Waals surface area contributed by atoms with E-state index in [1.54, 1.807) is 7.05 Å². The smallest absolute Gasteiger partial charge is 0.410 e. The van der Waals surface area contributed by atoms with Crippen LogP contribution < -0.4 is 4.90 Å². The summed E-state index contributed by atoms with van der Waals surface area (Å²) in [6, 6.07) is 27.2. The molecule has 0 radical (unpaired) electrons. The van der Waals surface area contributed by atoms with E-state index < -0.39 is 6.09 Å². The Labute approximate surface area is 147 Å². The van der Waals surface area contributed by atoms with Crippen molar-refractivity contribution in [1.29, 1.82) is 0 Å². The summed E-state index contributed by atoms with van der Waals surface area (Å²) >= 11 is 0. The van der Waals surface area contributed by atoms with Crippen molar-refractivity contribution in [3.63, 3.8) is 0 Å². The van der Waals surface area contributed by atoms with Crippen molar-refractivity contribution in [1.82, 2.24) is 0 Å². The Bertz CT molecular complexity index is 856. The predicted octanol–water partition coefficient (Wildman–Crippen LogP) is 5.60. The van der Waals surface area contributed by atoms with E-state index in [2.05, 4.69) is 18.7 Å². The van der Waals surface area contributed by atoms with Gasteiger partial charge in [0.1, 0.15) is 5.76 Å². The van der Waals surface area contributed by atoms with Gasteiger partial charge in [0.25, 0.3) is 0 Å². The minimum atomic E-state index is -0.469. The lowest BCUT2D eigenvalue weighted by molar-refractivity contribution is 0.201. The maximum Gasteiger partial charge on any atom is 0.419 e. The fraction of sp³-hybridized carbons (Fsp3) is 0.0455. The number of hydrogen-bond acceptors (Lipinski definition) is 2. The summed E-state index contributed by atoms with van der Waals surface area (Å²) in [5, 5.41) is 0. The minimum absolute atomic E-state index is 0.326. The van der Waals surface area contributed by atoms with Gasteiger partial charge in [-0.15, -0.1) is 0 Å². The maximum absolute atomic E-state index is 12.3. The highest BCUT2D eigenvalue weighted by Gasteiger charge is 2.14. The van der Waals surface area contributed by atoms with E-state index in [0.717, 1.165) is 22.4 Å². The van der Waals surface area contributed by atoms with Crippen LogP contribution >= 0.6 is 0 Å². The van der Waals surface area contributed by atoms with Crippen LogP contribution in [0.5, 0.6) is 0 Å². The Morgan fingerprint density at radius 1 is 0.800 bits per heavy atom. The first kappa shape index (κ1) is 16.5. The van der Waals surface area contributed by atoms with E-state index in [0.29, 0.717) is 5.76 Å². The molecule has 0 spiro atoms. The number of carbonyl (C=O) groups excluding carboxylic acids is 1. The van der Waals surface area contributed by atoms with Gasteiger partial charge in [0.05, 0.1) is 0 Å². The van der Waals surface area contributed by atoms with Gasteiger partial charge in [-0.25, -0.2) is 4.79 Å². The number of amides is 1. The Hall–Kier alpha value is -3.33. The largest absolute Gasteiger partial charge is 0.419 e. The van der Waals surface area contributed by atoms with Crippen LogP contribution in [0.15, 0.2) is 91.5 Å². The average Bonchev–Trinajstić information content (AvgIpc) is 2.68. The number of anilines is 1. The summed E-state index contributed by atoms with van der Waals surface area (Å²) in [4.78, 5) is 13.7. The normalized spacial score (nSPS) is 10.1. The van der Waals surface area contributed by atoms with Gasteiger partial charge in [0, 0.05) is 18.3 Å². The zero-order valence-corrected chi connectivity index (χ0v) is 14.1. The first-order valence-corrected chi connectivity index (χ1v) is 8.00.